The third-order valence-electron chi connectivity index (χ3n) is 3.89. The van der Waals surface area contributed by atoms with Gasteiger partial charge in [0.1, 0.15) is 11.4 Å². The van der Waals surface area contributed by atoms with Gasteiger partial charge in [0.2, 0.25) is 0 Å². The Balaban J connectivity index is 1.98. The molecule has 1 aliphatic heterocycles. The van der Waals surface area contributed by atoms with Gasteiger partial charge in [-0.15, -0.1) is 0 Å². The van der Waals surface area contributed by atoms with Gasteiger partial charge in [-0.1, -0.05) is 6.07 Å². The number of carbonyl (C=O) groups is 1. The summed E-state index contributed by atoms with van der Waals surface area (Å²) in [7, 11) is 1.67. The van der Waals surface area contributed by atoms with Crippen molar-refractivity contribution < 1.29 is 14.3 Å². The third-order valence-corrected chi connectivity index (χ3v) is 3.89. The van der Waals surface area contributed by atoms with Crippen molar-refractivity contribution in [1.82, 2.24) is 4.90 Å². The first-order valence-electron chi connectivity index (χ1n) is 8.18. The average molecular weight is 320 g/mol. The quantitative estimate of drug-likeness (QED) is 0.916. The van der Waals surface area contributed by atoms with E-state index in [0.717, 1.165) is 36.4 Å². The van der Waals surface area contributed by atoms with E-state index in [0.29, 0.717) is 6.54 Å². The van der Waals surface area contributed by atoms with Crippen LogP contribution in [0.5, 0.6) is 5.75 Å². The minimum Gasteiger partial charge on any atom is -0.495 e. The number of hydrogen-bond acceptors (Lipinski definition) is 4. The lowest BCUT2D eigenvalue weighted by Crippen LogP contribution is -2.42. The SMILES string of the molecule is COc1cc(C)ccc1NCC1CCCN1C(=O)OC(C)(C)C. The van der Waals surface area contributed by atoms with Crippen LogP contribution in [-0.4, -0.2) is 42.8 Å². The highest BCUT2D eigenvalue weighted by Gasteiger charge is 2.32. The van der Waals surface area contributed by atoms with Crippen LogP contribution in [0, 0.1) is 6.92 Å². The molecule has 0 spiro atoms. The number of nitrogens with zero attached hydrogens (tertiary/aromatic N) is 1. The van der Waals surface area contributed by atoms with Crippen molar-refractivity contribution in [1.29, 1.82) is 0 Å². The number of aryl methyl sites for hydroxylation is 1. The maximum atomic E-state index is 12.3. The molecule has 23 heavy (non-hydrogen) atoms. The molecule has 0 radical (unpaired) electrons. The Morgan fingerprint density at radius 3 is 2.78 bits per heavy atom. The summed E-state index contributed by atoms with van der Waals surface area (Å²) < 4.78 is 10.9. The normalized spacial score (nSPS) is 18.0. The number of amides is 1. The number of methoxy groups -OCH3 is 1. The molecule has 1 fully saturated rings. The molecule has 1 unspecified atom stereocenters. The van der Waals surface area contributed by atoms with Crippen LogP contribution in [0.25, 0.3) is 0 Å². The zero-order valence-electron chi connectivity index (χ0n) is 14.8. The summed E-state index contributed by atoms with van der Waals surface area (Å²) in [6.07, 6.45) is 1.77. The van der Waals surface area contributed by atoms with Crippen molar-refractivity contribution in [2.24, 2.45) is 0 Å². The molecular formula is C18H28N2O3. The van der Waals surface area contributed by atoms with E-state index >= 15 is 0 Å². The number of nitrogens with one attached hydrogen (secondary N) is 1. The molecule has 1 aromatic rings. The molecule has 1 aliphatic rings. The molecule has 0 bridgehead atoms. The Morgan fingerprint density at radius 1 is 1.39 bits per heavy atom. The van der Waals surface area contributed by atoms with Gasteiger partial charge >= 0.3 is 6.09 Å². The second-order valence-electron chi connectivity index (χ2n) is 7.05. The molecule has 2 rings (SSSR count). The van der Waals surface area contributed by atoms with E-state index in [1.165, 1.54) is 0 Å². The number of rotatable bonds is 4. The monoisotopic (exact) mass is 320 g/mol. The summed E-state index contributed by atoms with van der Waals surface area (Å²) in [5.74, 6) is 0.826. The van der Waals surface area contributed by atoms with Crippen LogP contribution in [0.3, 0.4) is 0 Å². The molecule has 128 valence electrons. The number of likely N-dealkylation sites (tertiary alicyclic amines) is 1. The highest BCUT2D eigenvalue weighted by atomic mass is 16.6. The van der Waals surface area contributed by atoms with Gasteiger partial charge in [0.25, 0.3) is 0 Å². The minimum atomic E-state index is -0.460. The molecule has 1 heterocycles. The molecule has 1 atom stereocenters. The van der Waals surface area contributed by atoms with Gasteiger partial charge in [-0.05, 0) is 58.2 Å². The minimum absolute atomic E-state index is 0.149. The zero-order valence-corrected chi connectivity index (χ0v) is 14.8. The van der Waals surface area contributed by atoms with Crippen molar-refractivity contribution in [3.63, 3.8) is 0 Å². The number of carbonyl (C=O) groups excluding carboxylic acids is 1. The van der Waals surface area contributed by atoms with Crippen LogP contribution in [0.1, 0.15) is 39.2 Å². The van der Waals surface area contributed by atoms with Crippen molar-refractivity contribution in [3.8, 4) is 5.75 Å². The van der Waals surface area contributed by atoms with Crippen molar-refractivity contribution in [3.05, 3.63) is 23.8 Å². The van der Waals surface area contributed by atoms with Crippen molar-refractivity contribution in [2.75, 3.05) is 25.5 Å². The van der Waals surface area contributed by atoms with Gasteiger partial charge < -0.3 is 19.7 Å². The molecular weight excluding hydrogens is 292 g/mol. The Labute approximate surface area is 139 Å². The summed E-state index contributed by atoms with van der Waals surface area (Å²) >= 11 is 0. The second-order valence-corrected chi connectivity index (χ2v) is 7.05. The van der Waals surface area contributed by atoms with E-state index in [1.807, 2.05) is 50.8 Å². The van der Waals surface area contributed by atoms with Crippen LogP contribution in [-0.2, 0) is 4.74 Å². The maximum Gasteiger partial charge on any atom is 0.410 e. The largest absolute Gasteiger partial charge is 0.495 e. The molecule has 5 heteroatoms. The van der Waals surface area contributed by atoms with Gasteiger partial charge in [0.15, 0.2) is 0 Å². The molecule has 1 aromatic carbocycles. The third kappa shape index (κ3) is 4.78. The van der Waals surface area contributed by atoms with Gasteiger partial charge in [-0.25, -0.2) is 4.79 Å². The van der Waals surface area contributed by atoms with E-state index in [-0.39, 0.29) is 12.1 Å². The van der Waals surface area contributed by atoms with Crippen LogP contribution in [0.15, 0.2) is 18.2 Å². The van der Waals surface area contributed by atoms with E-state index in [9.17, 15) is 4.79 Å². The first-order valence-corrected chi connectivity index (χ1v) is 8.18. The van der Waals surface area contributed by atoms with Gasteiger partial charge in [0, 0.05) is 13.1 Å². The molecule has 1 saturated heterocycles. The van der Waals surface area contributed by atoms with Gasteiger partial charge in [-0.2, -0.15) is 0 Å². The second kappa shape index (κ2) is 7.11. The molecule has 0 saturated carbocycles. The highest BCUT2D eigenvalue weighted by molar-refractivity contribution is 5.69. The standard InChI is InChI=1S/C18H28N2O3/c1-13-8-9-15(16(11-13)22-5)19-12-14-7-6-10-20(14)17(21)23-18(2,3)4/h8-9,11,14,19H,6-7,10,12H2,1-5H3. The molecule has 1 amide bonds. The maximum absolute atomic E-state index is 12.3. The lowest BCUT2D eigenvalue weighted by atomic mass is 10.2. The fourth-order valence-electron chi connectivity index (χ4n) is 2.78. The number of benzene rings is 1. The van der Waals surface area contributed by atoms with E-state index in [1.54, 1.807) is 7.11 Å². The molecule has 1 N–H and O–H groups in total. The number of ether oxygens (including phenoxy) is 2. The van der Waals surface area contributed by atoms with Gasteiger partial charge in [-0.3, -0.25) is 0 Å². The van der Waals surface area contributed by atoms with E-state index < -0.39 is 5.60 Å². The Bertz CT molecular complexity index is 552. The molecule has 0 aliphatic carbocycles. The number of hydrogen-bond donors (Lipinski definition) is 1. The first kappa shape index (κ1) is 17.4. The van der Waals surface area contributed by atoms with E-state index in [2.05, 4.69) is 5.32 Å². The van der Waals surface area contributed by atoms with Crippen molar-refractivity contribution >= 4 is 11.8 Å². The summed E-state index contributed by atoms with van der Waals surface area (Å²) in [4.78, 5) is 14.1. The van der Waals surface area contributed by atoms with Crippen LogP contribution in [0.2, 0.25) is 0 Å². The Hall–Kier alpha value is -1.91. The molecule has 0 aromatic heterocycles. The lowest BCUT2D eigenvalue weighted by molar-refractivity contribution is 0.0235. The predicted octanol–water partition coefficient (Wildman–Crippen LogP) is 3.82. The van der Waals surface area contributed by atoms with Crippen LogP contribution < -0.4 is 10.1 Å². The van der Waals surface area contributed by atoms with Crippen LogP contribution in [0.4, 0.5) is 10.5 Å². The first-order chi connectivity index (χ1) is 10.8. The summed E-state index contributed by atoms with van der Waals surface area (Å²) in [5, 5.41) is 3.41. The molecule has 5 nitrogen and oxygen atoms in total. The van der Waals surface area contributed by atoms with Gasteiger partial charge in [0.05, 0.1) is 18.8 Å². The smallest absolute Gasteiger partial charge is 0.410 e. The highest BCUT2D eigenvalue weighted by Crippen LogP contribution is 2.27. The predicted molar refractivity (Wildman–Crippen MR) is 92.2 cm³/mol. The topological polar surface area (TPSA) is 50.8 Å². The average Bonchev–Trinajstić information content (AvgIpc) is 2.92. The summed E-state index contributed by atoms with van der Waals surface area (Å²) in [6, 6.07) is 6.21. The Kier molecular flexibility index (Phi) is 5.39. The summed E-state index contributed by atoms with van der Waals surface area (Å²) in [6.45, 7) is 9.17. The Morgan fingerprint density at radius 2 is 2.13 bits per heavy atom. The van der Waals surface area contributed by atoms with E-state index in [4.69, 9.17) is 9.47 Å². The lowest BCUT2D eigenvalue weighted by Gasteiger charge is -2.29. The van der Waals surface area contributed by atoms with Crippen molar-refractivity contribution in [2.45, 2.75) is 52.2 Å². The fourth-order valence-corrected chi connectivity index (χ4v) is 2.78. The fraction of sp³-hybridized carbons (Fsp3) is 0.611. The zero-order chi connectivity index (χ0) is 17.0. The van der Waals surface area contributed by atoms with Crippen LogP contribution >= 0.6 is 0 Å². The summed E-state index contributed by atoms with van der Waals surface area (Å²) in [5.41, 5.74) is 1.65. The number of anilines is 1.